The SMILES string of the molecule is C=NCCON=C1C[C@H]2CC[C@@H](C1)N2C. The topological polar surface area (TPSA) is 37.2 Å². The van der Waals surface area contributed by atoms with E-state index in [9.17, 15) is 0 Å². The van der Waals surface area contributed by atoms with Gasteiger partial charge in [0.25, 0.3) is 0 Å². The minimum atomic E-state index is 0.554. The molecule has 2 fully saturated rings. The van der Waals surface area contributed by atoms with Gasteiger partial charge in [0.05, 0.1) is 12.3 Å². The fourth-order valence-corrected chi connectivity index (χ4v) is 2.53. The molecule has 0 aromatic carbocycles. The Morgan fingerprint density at radius 3 is 2.67 bits per heavy atom. The van der Waals surface area contributed by atoms with E-state index in [0.29, 0.717) is 25.2 Å². The highest BCUT2D eigenvalue weighted by atomic mass is 16.6. The van der Waals surface area contributed by atoms with Crippen molar-refractivity contribution in [1.82, 2.24) is 4.90 Å². The third-order valence-electron chi connectivity index (χ3n) is 3.46. The van der Waals surface area contributed by atoms with Crippen LogP contribution < -0.4 is 0 Å². The predicted octanol–water partition coefficient (Wildman–Crippen LogP) is 1.32. The Balaban J connectivity index is 1.83. The third-order valence-corrected chi connectivity index (χ3v) is 3.46. The lowest BCUT2D eigenvalue weighted by Gasteiger charge is -2.31. The summed E-state index contributed by atoms with van der Waals surface area (Å²) in [5.41, 5.74) is 1.23. The van der Waals surface area contributed by atoms with Crippen molar-refractivity contribution in [1.29, 1.82) is 0 Å². The second-order valence-corrected chi connectivity index (χ2v) is 4.40. The average Bonchev–Trinajstić information content (AvgIpc) is 2.50. The molecule has 2 atom stereocenters. The molecule has 2 heterocycles. The van der Waals surface area contributed by atoms with Crippen LogP contribution in [0.1, 0.15) is 25.7 Å². The number of hydrogen-bond donors (Lipinski definition) is 0. The molecule has 0 saturated carbocycles. The van der Waals surface area contributed by atoms with Gasteiger partial charge < -0.3 is 4.84 Å². The van der Waals surface area contributed by atoms with E-state index in [2.05, 4.69) is 28.8 Å². The van der Waals surface area contributed by atoms with Gasteiger partial charge in [-0.25, -0.2) is 0 Å². The molecule has 4 nitrogen and oxygen atoms in total. The number of nitrogens with zero attached hydrogens (tertiary/aromatic N) is 3. The van der Waals surface area contributed by atoms with E-state index in [1.807, 2.05) is 0 Å². The van der Waals surface area contributed by atoms with E-state index < -0.39 is 0 Å². The molecule has 4 heteroatoms. The fourth-order valence-electron chi connectivity index (χ4n) is 2.53. The van der Waals surface area contributed by atoms with Gasteiger partial charge in [-0.15, -0.1) is 0 Å². The van der Waals surface area contributed by atoms with Gasteiger partial charge in [0, 0.05) is 24.9 Å². The van der Waals surface area contributed by atoms with Gasteiger partial charge in [-0.2, -0.15) is 0 Å². The van der Waals surface area contributed by atoms with Crippen LogP contribution in [0.3, 0.4) is 0 Å². The molecule has 2 aliphatic heterocycles. The van der Waals surface area contributed by atoms with Crippen molar-refractivity contribution in [2.45, 2.75) is 37.8 Å². The first-order valence-electron chi connectivity index (χ1n) is 5.63. The lowest BCUT2D eigenvalue weighted by Crippen LogP contribution is -2.40. The number of aliphatic imine (C=N–C) groups is 1. The Labute approximate surface area is 91.0 Å². The molecular formula is C11H19N3O. The minimum absolute atomic E-state index is 0.554. The second-order valence-electron chi connectivity index (χ2n) is 4.40. The van der Waals surface area contributed by atoms with E-state index in [1.165, 1.54) is 18.6 Å². The summed E-state index contributed by atoms with van der Waals surface area (Å²) in [6.07, 6.45) is 4.78. The summed E-state index contributed by atoms with van der Waals surface area (Å²) in [5, 5.41) is 4.20. The highest BCUT2D eigenvalue weighted by Gasteiger charge is 2.36. The zero-order valence-electron chi connectivity index (χ0n) is 9.35. The molecule has 2 bridgehead atoms. The summed E-state index contributed by atoms with van der Waals surface area (Å²) in [6, 6.07) is 1.40. The van der Waals surface area contributed by atoms with Crippen LogP contribution in [0.4, 0.5) is 0 Å². The summed E-state index contributed by atoms with van der Waals surface area (Å²) < 4.78 is 0. The van der Waals surface area contributed by atoms with Crippen LogP contribution in [-0.4, -0.2) is 49.6 Å². The predicted molar refractivity (Wildman–Crippen MR) is 61.6 cm³/mol. The number of oxime groups is 1. The van der Waals surface area contributed by atoms with E-state index in [-0.39, 0.29) is 0 Å². The maximum absolute atomic E-state index is 5.21. The van der Waals surface area contributed by atoms with Crippen molar-refractivity contribution in [2.75, 3.05) is 20.2 Å². The Kier molecular flexibility index (Phi) is 3.36. The lowest BCUT2D eigenvalue weighted by molar-refractivity contribution is 0.146. The molecule has 84 valence electrons. The molecule has 0 N–H and O–H groups in total. The third kappa shape index (κ3) is 2.37. The second kappa shape index (κ2) is 4.75. The van der Waals surface area contributed by atoms with Gasteiger partial charge in [-0.3, -0.25) is 9.89 Å². The maximum atomic E-state index is 5.21. The van der Waals surface area contributed by atoms with Crippen LogP contribution in [0.2, 0.25) is 0 Å². The first-order chi connectivity index (χ1) is 7.31. The molecule has 15 heavy (non-hydrogen) atoms. The summed E-state index contributed by atoms with van der Waals surface area (Å²) in [5.74, 6) is 0. The molecule has 0 spiro atoms. The van der Waals surface area contributed by atoms with Gasteiger partial charge in [0.2, 0.25) is 0 Å². The summed E-state index contributed by atoms with van der Waals surface area (Å²) in [4.78, 5) is 11.4. The van der Waals surface area contributed by atoms with Gasteiger partial charge in [0.1, 0.15) is 6.61 Å². The first-order valence-corrected chi connectivity index (χ1v) is 5.63. The molecule has 0 aliphatic carbocycles. The molecule has 2 aliphatic rings. The monoisotopic (exact) mass is 209 g/mol. The van der Waals surface area contributed by atoms with Crippen LogP contribution in [-0.2, 0) is 4.84 Å². The van der Waals surface area contributed by atoms with Gasteiger partial charge in [0.15, 0.2) is 0 Å². The van der Waals surface area contributed by atoms with Crippen molar-refractivity contribution < 1.29 is 4.84 Å². The van der Waals surface area contributed by atoms with E-state index in [1.54, 1.807) is 0 Å². The molecule has 2 rings (SSSR count). The number of rotatable bonds is 4. The largest absolute Gasteiger partial charge is 0.394 e. The Hall–Kier alpha value is -0.900. The fraction of sp³-hybridized carbons (Fsp3) is 0.818. The number of fused-ring (bicyclic) bond motifs is 2. The van der Waals surface area contributed by atoms with Crippen molar-refractivity contribution >= 4 is 12.4 Å². The molecule has 2 saturated heterocycles. The highest BCUT2D eigenvalue weighted by molar-refractivity contribution is 5.86. The minimum Gasteiger partial charge on any atom is -0.394 e. The summed E-state index contributed by atoms with van der Waals surface area (Å²) >= 11 is 0. The zero-order chi connectivity index (χ0) is 10.7. The van der Waals surface area contributed by atoms with Crippen LogP contribution in [0.25, 0.3) is 0 Å². The summed E-state index contributed by atoms with van der Waals surface area (Å²) in [6.45, 7) is 4.59. The zero-order valence-corrected chi connectivity index (χ0v) is 9.35. The standard InChI is InChI=1S/C11H19N3O/c1-12-5-6-15-13-9-7-10-3-4-11(8-9)14(10)2/h10-11H,1,3-8H2,2H3/t10-,11+. The van der Waals surface area contributed by atoms with Gasteiger partial charge in [-0.05, 0) is 26.6 Å². The Bertz CT molecular complexity index is 249. The molecule has 0 amide bonds. The average molecular weight is 209 g/mol. The van der Waals surface area contributed by atoms with Crippen LogP contribution in [0.15, 0.2) is 10.1 Å². The van der Waals surface area contributed by atoms with Crippen LogP contribution >= 0.6 is 0 Å². The van der Waals surface area contributed by atoms with Gasteiger partial charge >= 0.3 is 0 Å². The van der Waals surface area contributed by atoms with E-state index >= 15 is 0 Å². The number of hydrogen-bond acceptors (Lipinski definition) is 4. The maximum Gasteiger partial charge on any atom is 0.136 e. The van der Waals surface area contributed by atoms with Crippen molar-refractivity contribution in [3.8, 4) is 0 Å². The molecule has 0 aromatic rings. The summed E-state index contributed by atoms with van der Waals surface area (Å²) in [7, 11) is 2.22. The molecule has 0 radical (unpaired) electrons. The highest BCUT2D eigenvalue weighted by Crippen LogP contribution is 2.32. The Morgan fingerprint density at radius 2 is 2.07 bits per heavy atom. The van der Waals surface area contributed by atoms with Crippen LogP contribution in [0, 0.1) is 0 Å². The van der Waals surface area contributed by atoms with Crippen LogP contribution in [0.5, 0.6) is 0 Å². The molecular weight excluding hydrogens is 190 g/mol. The molecule has 0 unspecified atom stereocenters. The quantitative estimate of drug-likeness (QED) is 0.398. The van der Waals surface area contributed by atoms with Crippen molar-refractivity contribution in [2.24, 2.45) is 10.1 Å². The first kappa shape index (κ1) is 10.6. The van der Waals surface area contributed by atoms with E-state index in [4.69, 9.17) is 4.84 Å². The van der Waals surface area contributed by atoms with Crippen molar-refractivity contribution in [3.63, 3.8) is 0 Å². The number of piperidine rings is 1. The molecule has 0 aromatic heterocycles. The lowest BCUT2D eigenvalue weighted by atomic mass is 10.0. The van der Waals surface area contributed by atoms with E-state index in [0.717, 1.165) is 12.8 Å². The van der Waals surface area contributed by atoms with Crippen molar-refractivity contribution in [3.05, 3.63) is 0 Å². The van der Waals surface area contributed by atoms with Gasteiger partial charge in [-0.1, -0.05) is 5.16 Å². The normalized spacial score (nSPS) is 33.3. The smallest absolute Gasteiger partial charge is 0.136 e. The Morgan fingerprint density at radius 1 is 1.40 bits per heavy atom.